The molecule has 59 heavy (non-hydrogen) atoms. The first-order valence-corrected chi connectivity index (χ1v) is 21.2. The van der Waals surface area contributed by atoms with Gasteiger partial charge in [0.1, 0.15) is 22.4 Å². The number of benzene rings is 3. The van der Waals surface area contributed by atoms with Crippen LogP contribution in [0.25, 0.3) is 0 Å². The quantitative estimate of drug-likeness (QED) is 0.0145. The van der Waals surface area contributed by atoms with E-state index in [4.69, 9.17) is 66.3 Å². The van der Waals surface area contributed by atoms with Gasteiger partial charge in [0, 0.05) is 83.6 Å². The molecule has 6 rings (SSSR count). The van der Waals surface area contributed by atoms with Crippen LogP contribution in [0.2, 0.25) is 5.15 Å². The van der Waals surface area contributed by atoms with Crippen LogP contribution < -0.4 is 41.7 Å². The molecule has 0 spiro atoms. The Bertz CT molecular complexity index is 2200. The highest BCUT2D eigenvalue weighted by Gasteiger charge is 2.02. The summed E-state index contributed by atoms with van der Waals surface area (Å²) in [6.07, 6.45) is 8.86. The summed E-state index contributed by atoms with van der Waals surface area (Å²) in [5, 5.41) is 7.12. The summed E-state index contributed by atoms with van der Waals surface area (Å²) in [6, 6.07) is 26.7. The maximum absolute atomic E-state index is 11.1. The number of hydrogen-bond donors (Lipinski definition) is 5. The molecule has 6 N–H and O–H groups in total. The van der Waals surface area contributed by atoms with Gasteiger partial charge in [-0.2, -0.15) is 0 Å². The molecule has 0 aliphatic rings. The summed E-state index contributed by atoms with van der Waals surface area (Å²) in [4.78, 5) is 42.8. The third-order valence-electron chi connectivity index (χ3n) is 6.82. The molecule has 14 nitrogen and oxygen atoms in total. The molecule has 0 unspecified atom stereocenters. The van der Waals surface area contributed by atoms with E-state index in [0.29, 0.717) is 59.7 Å². The summed E-state index contributed by atoms with van der Waals surface area (Å²) in [6.45, 7) is 1.82. The Morgan fingerprint density at radius 3 is 1.64 bits per heavy atom. The predicted octanol–water partition coefficient (Wildman–Crippen LogP) is 9.17. The molecule has 3 aromatic carbocycles. The molecule has 0 aliphatic carbocycles. The highest BCUT2D eigenvalue weighted by atomic mass is 35.5. The standard InChI is InChI=1S/C13H13Cl2N3O.C13H14ClN3O2.C9H12ClNO.C5H6N2OS/c14-6-2-8-19-11-4-1-3-10(9-11)17-13-16-7-5-12(15)18-13;14-6-2-8-19-11-4-1-3-10(9-11)16-13-15-7-5-12(18)17-13;10-5-2-6-12-9-4-1-3-8(11)7-9;1-9-5-6-3-2-4(8)7-5/h1,3-5,7,9H,2,6,8H2,(H,16,17,18);1,3-5,7,9H,2,6,8H2,(H2,15,16,17,18);1,3-4,7H,2,5-6,11H2;2-3H,1H3,(H,6,7,8). The monoisotopic (exact) mass is 903 g/mol. The summed E-state index contributed by atoms with van der Waals surface area (Å²) in [5.74, 6) is 4.96. The molecule has 0 fully saturated rings. The molecule has 0 saturated heterocycles. The van der Waals surface area contributed by atoms with Gasteiger partial charge in [0.2, 0.25) is 11.9 Å². The number of nitrogens with two attached hydrogens (primary N) is 1. The maximum Gasteiger partial charge on any atom is 0.252 e. The van der Waals surface area contributed by atoms with Crippen LogP contribution in [0, 0.1) is 0 Å². The Balaban J connectivity index is 0.000000219. The number of H-pyrrole nitrogens is 2. The van der Waals surface area contributed by atoms with Crippen molar-refractivity contribution in [3.63, 3.8) is 0 Å². The Kier molecular flexibility index (Phi) is 23.8. The second kappa shape index (κ2) is 29.1. The number of nitrogens with zero attached hydrogens (tertiary/aromatic N) is 4. The van der Waals surface area contributed by atoms with E-state index in [1.807, 2.05) is 73.0 Å². The van der Waals surface area contributed by atoms with Crippen molar-refractivity contribution < 1.29 is 14.2 Å². The predicted molar refractivity (Wildman–Crippen MR) is 241 cm³/mol. The Hall–Kier alpha value is -5.19. The van der Waals surface area contributed by atoms with E-state index in [9.17, 15) is 9.59 Å². The Morgan fingerprint density at radius 1 is 0.644 bits per heavy atom. The first-order chi connectivity index (χ1) is 28.7. The summed E-state index contributed by atoms with van der Waals surface area (Å²) >= 11 is 23.9. The normalized spacial score (nSPS) is 9.98. The summed E-state index contributed by atoms with van der Waals surface area (Å²) in [5.41, 5.74) is 7.60. The van der Waals surface area contributed by atoms with Crippen molar-refractivity contribution in [1.29, 1.82) is 0 Å². The van der Waals surface area contributed by atoms with Crippen LogP contribution in [0.1, 0.15) is 19.3 Å². The largest absolute Gasteiger partial charge is 0.493 e. The number of rotatable bonds is 17. The molecule has 0 amide bonds. The van der Waals surface area contributed by atoms with E-state index in [1.165, 1.54) is 36.3 Å². The van der Waals surface area contributed by atoms with Crippen molar-refractivity contribution in [2.75, 3.05) is 60.1 Å². The van der Waals surface area contributed by atoms with Crippen molar-refractivity contribution in [2.24, 2.45) is 0 Å². The summed E-state index contributed by atoms with van der Waals surface area (Å²) in [7, 11) is 0. The van der Waals surface area contributed by atoms with Gasteiger partial charge in [0.15, 0.2) is 5.16 Å². The number of alkyl halides is 3. The number of halogens is 4. The number of ether oxygens (including phenoxy) is 3. The SMILES string of the molecule is CSc1nccc(=O)[nH]1.ClCCCOc1cccc(Nc2nccc(Cl)n2)c1.Nc1cccc(OCCCCl)c1.O=c1ccnc(Nc2cccc(OCCCCl)c2)[nH]1. The lowest BCUT2D eigenvalue weighted by Crippen LogP contribution is -2.08. The molecule has 0 bridgehead atoms. The molecule has 3 heterocycles. The van der Waals surface area contributed by atoms with Crippen LogP contribution >= 0.6 is 58.2 Å². The van der Waals surface area contributed by atoms with Crippen molar-refractivity contribution >= 4 is 87.1 Å². The van der Waals surface area contributed by atoms with Crippen molar-refractivity contribution in [2.45, 2.75) is 24.4 Å². The van der Waals surface area contributed by atoms with Gasteiger partial charge in [0.05, 0.1) is 19.8 Å². The molecular weight excluding hydrogens is 860 g/mol. The van der Waals surface area contributed by atoms with Gasteiger partial charge in [-0.3, -0.25) is 14.6 Å². The maximum atomic E-state index is 11.1. The molecule has 19 heteroatoms. The van der Waals surface area contributed by atoms with Crippen molar-refractivity contribution in [3.05, 3.63) is 135 Å². The van der Waals surface area contributed by atoms with E-state index in [1.54, 1.807) is 18.3 Å². The topological polar surface area (TPSA) is 195 Å². The number of nitrogen functional groups attached to an aromatic ring is 1. The second-order valence-electron chi connectivity index (χ2n) is 11.5. The molecular formula is C40H45Cl4N9O5S. The zero-order valence-corrected chi connectivity index (χ0v) is 35.9. The van der Waals surface area contributed by atoms with Gasteiger partial charge in [-0.25, -0.2) is 19.9 Å². The van der Waals surface area contributed by atoms with E-state index in [0.717, 1.165) is 53.6 Å². The molecule has 314 valence electrons. The molecule has 3 aromatic heterocycles. The highest BCUT2D eigenvalue weighted by molar-refractivity contribution is 7.98. The second-order valence-corrected chi connectivity index (χ2v) is 13.8. The fourth-order valence-corrected chi connectivity index (χ4v) is 5.05. The van der Waals surface area contributed by atoms with Gasteiger partial charge in [-0.05, 0) is 68.0 Å². The van der Waals surface area contributed by atoms with Crippen molar-refractivity contribution in [1.82, 2.24) is 29.9 Å². The van der Waals surface area contributed by atoms with Gasteiger partial charge in [-0.1, -0.05) is 41.6 Å². The number of hydrogen-bond acceptors (Lipinski definition) is 13. The Labute approximate surface area is 366 Å². The number of nitrogens with one attached hydrogen (secondary N) is 4. The van der Waals surface area contributed by atoms with Crippen LogP contribution in [-0.4, -0.2) is 73.6 Å². The highest BCUT2D eigenvalue weighted by Crippen LogP contribution is 2.21. The van der Waals surface area contributed by atoms with Crippen LogP contribution in [0.4, 0.5) is 29.0 Å². The lowest BCUT2D eigenvalue weighted by Gasteiger charge is -2.08. The summed E-state index contributed by atoms with van der Waals surface area (Å²) < 4.78 is 16.5. The minimum absolute atomic E-state index is 0.102. The third-order valence-corrected chi connectivity index (χ3v) is 8.43. The smallest absolute Gasteiger partial charge is 0.252 e. The van der Waals surface area contributed by atoms with Crippen LogP contribution in [-0.2, 0) is 0 Å². The van der Waals surface area contributed by atoms with Crippen LogP contribution in [0.5, 0.6) is 17.2 Å². The van der Waals surface area contributed by atoms with E-state index in [-0.39, 0.29) is 11.1 Å². The fourth-order valence-electron chi connectivity index (χ4n) is 4.22. The first kappa shape index (κ1) is 48.2. The average molecular weight is 906 g/mol. The number of aromatic nitrogens is 6. The molecule has 0 saturated carbocycles. The number of aromatic amines is 2. The van der Waals surface area contributed by atoms with Gasteiger partial charge in [-0.15, -0.1) is 34.8 Å². The lowest BCUT2D eigenvalue weighted by molar-refractivity contribution is 0.318. The zero-order valence-electron chi connectivity index (χ0n) is 32.1. The number of anilines is 5. The average Bonchev–Trinajstić information content (AvgIpc) is 3.22. The van der Waals surface area contributed by atoms with E-state index < -0.39 is 0 Å². The van der Waals surface area contributed by atoms with Gasteiger partial charge >= 0.3 is 0 Å². The first-order valence-electron chi connectivity index (χ1n) is 18.0. The number of thioether (sulfide) groups is 1. The third kappa shape index (κ3) is 21.4. The lowest BCUT2D eigenvalue weighted by atomic mass is 10.3. The minimum atomic E-state index is -0.202. The fraction of sp³-hybridized carbons (Fsp3) is 0.250. The van der Waals surface area contributed by atoms with Crippen LogP contribution in [0.15, 0.2) is 124 Å². The minimum Gasteiger partial charge on any atom is -0.493 e. The van der Waals surface area contributed by atoms with Gasteiger partial charge in [0.25, 0.3) is 11.1 Å². The molecule has 0 aliphatic heterocycles. The van der Waals surface area contributed by atoms with Crippen LogP contribution in [0.3, 0.4) is 0 Å². The van der Waals surface area contributed by atoms with Gasteiger partial charge < -0.3 is 35.6 Å². The van der Waals surface area contributed by atoms with Crippen molar-refractivity contribution in [3.8, 4) is 17.2 Å². The molecule has 6 aromatic rings. The zero-order chi connectivity index (χ0) is 42.5. The van der Waals surface area contributed by atoms with E-state index >= 15 is 0 Å². The van der Waals surface area contributed by atoms with E-state index in [2.05, 4.69) is 40.5 Å². The molecule has 0 atom stereocenters. The Morgan fingerprint density at radius 2 is 1.15 bits per heavy atom. The molecule has 0 radical (unpaired) electrons.